The molecule has 1 aliphatic heterocycles. The third kappa shape index (κ3) is 2.21. The number of aromatic nitrogens is 1. The smallest absolute Gasteiger partial charge is 0.129 e. The van der Waals surface area contributed by atoms with Crippen molar-refractivity contribution < 1.29 is 0 Å². The number of fused-ring (bicyclic) bond motifs is 1. The number of hydrogen-bond acceptors (Lipinski definition) is 3. The highest BCUT2D eigenvalue weighted by atomic mass is 15.2. The highest BCUT2D eigenvalue weighted by Crippen LogP contribution is 2.38. The van der Waals surface area contributed by atoms with Gasteiger partial charge in [-0.05, 0) is 55.0 Å². The first-order valence-electron chi connectivity index (χ1n) is 7.57. The van der Waals surface area contributed by atoms with Gasteiger partial charge < -0.3 is 10.6 Å². The quantitative estimate of drug-likeness (QED) is 0.861. The molecule has 2 N–H and O–H groups in total. The summed E-state index contributed by atoms with van der Waals surface area (Å²) in [4.78, 5) is 7.24. The lowest BCUT2D eigenvalue weighted by atomic mass is 9.82. The number of nitrogen functional groups attached to an aromatic ring is 1. The van der Waals surface area contributed by atoms with Crippen molar-refractivity contribution >= 4 is 22.4 Å². The standard InChI is InChI=1S/C17H23N3/c1-3-17(4-2)9-10-20(12-17)16-8-5-13-11-14(18)6-7-15(13)19-16/h5-8,11H,3-4,9-10,12,18H2,1-2H3. The number of benzene rings is 1. The van der Waals surface area contributed by atoms with Crippen molar-refractivity contribution in [1.29, 1.82) is 0 Å². The lowest BCUT2D eigenvalue weighted by molar-refractivity contribution is 0.301. The van der Waals surface area contributed by atoms with E-state index >= 15 is 0 Å². The minimum absolute atomic E-state index is 0.484. The Balaban J connectivity index is 1.90. The maximum atomic E-state index is 5.82. The van der Waals surface area contributed by atoms with Crippen molar-refractivity contribution in [2.45, 2.75) is 33.1 Å². The third-order valence-electron chi connectivity index (χ3n) is 4.96. The van der Waals surface area contributed by atoms with Crippen LogP contribution in [0.15, 0.2) is 30.3 Å². The summed E-state index contributed by atoms with van der Waals surface area (Å²) in [6, 6.07) is 10.2. The van der Waals surface area contributed by atoms with Crippen LogP contribution in [-0.4, -0.2) is 18.1 Å². The number of nitrogens with zero attached hydrogens (tertiary/aromatic N) is 2. The summed E-state index contributed by atoms with van der Waals surface area (Å²) in [7, 11) is 0. The number of pyridine rings is 1. The topological polar surface area (TPSA) is 42.1 Å². The zero-order valence-corrected chi connectivity index (χ0v) is 12.4. The Morgan fingerprint density at radius 2 is 2.00 bits per heavy atom. The van der Waals surface area contributed by atoms with E-state index in [2.05, 4.69) is 30.9 Å². The van der Waals surface area contributed by atoms with Crippen molar-refractivity contribution in [1.82, 2.24) is 4.98 Å². The first-order chi connectivity index (χ1) is 9.65. The van der Waals surface area contributed by atoms with Gasteiger partial charge in [0.05, 0.1) is 5.52 Å². The predicted octanol–water partition coefficient (Wildman–Crippen LogP) is 3.83. The summed E-state index contributed by atoms with van der Waals surface area (Å²) < 4.78 is 0. The van der Waals surface area contributed by atoms with Gasteiger partial charge in [-0.25, -0.2) is 4.98 Å². The third-order valence-corrected chi connectivity index (χ3v) is 4.96. The monoisotopic (exact) mass is 269 g/mol. The van der Waals surface area contributed by atoms with E-state index in [1.807, 2.05) is 18.2 Å². The van der Waals surface area contributed by atoms with Crippen LogP contribution in [-0.2, 0) is 0 Å². The fourth-order valence-electron chi connectivity index (χ4n) is 3.27. The summed E-state index contributed by atoms with van der Waals surface area (Å²) in [5.74, 6) is 1.10. The molecule has 1 saturated heterocycles. The Morgan fingerprint density at radius 1 is 1.20 bits per heavy atom. The van der Waals surface area contributed by atoms with E-state index in [1.165, 1.54) is 19.3 Å². The SMILES string of the molecule is CCC1(CC)CCN(c2ccc3cc(N)ccc3n2)C1. The molecule has 106 valence electrons. The summed E-state index contributed by atoms with van der Waals surface area (Å²) in [6.07, 6.45) is 3.79. The summed E-state index contributed by atoms with van der Waals surface area (Å²) in [5, 5.41) is 1.12. The van der Waals surface area contributed by atoms with E-state index in [4.69, 9.17) is 10.7 Å². The molecule has 0 aliphatic carbocycles. The van der Waals surface area contributed by atoms with E-state index < -0.39 is 0 Å². The normalized spacial score (nSPS) is 17.8. The van der Waals surface area contributed by atoms with Gasteiger partial charge in [0.15, 0.2) is 0 Å². The highest BCUT2D eigenvalue weighted by molar-refractivity contribution is 5.83. The van der Waals surface area contributed by atoms with Crippen LogP contribution in [0.4, 0.5) is 11.5 Å². The Hall–Kier alpha value is -1.77. The number of nitrogens with two attached hydrogens (primary N) is 1. The maximum absolute atomic E-state index is 5.82. The van der Waals surface area contributed by atoms with E-state index in [9.17, 15) is 0 Å². The lowest BCUT2D eigenvalue weighted by Crippen LogP contribution is -2.26. The molecular formula is C17H23N3. The molecule has 1 aromatic heterocycles. The fraction of sp³-hybridized carbons (Fsp3) is 0.471. The molecule has 3 nitrogen and oxygen atoms in total. The van der Waals surface area contributed by atoms with Crippen molar-refractivity contribution in [2.24, 2.45) is 5.41 Å². The van der Waals surface area contributed by atoms with Gasteiger partial charge in [-0.15, -0.1) is 0 Å². The largest absolute Gasteiger partial charge is 0.399 e. The number of rotatable bonds is 3. The van der Waals surface area contributed by atoms with E-state index in [-0.39, 0.29) is 0 Å². The molecule has 0 atom stereocenters. The van der Waals surface area contributed by atoms with Crippen LogP contribution in [0.5, 0.6) is 0 Å². The van der Waals surface area contributed by atoms with Gasteiger partial charge in [-0.3, -0.25) is 0 Å². The summed E-state index contributed by atoms with van der Waals surface area (Å²) in [6.45, 7) is 6.87. The molecule has 0 unspecified atom stereocenters. The molecular weight excluding hydrogens is 246 g/mol. The van der Waals surface area contributed by atoms with Crippen molar-refractivity contribution in [3.05, 3.63) is 30.3 Å². The minimum atomic E-state index is 0.484. The van der Waals surface area contributed by atoms with Crippen molar-refractivity contribution in [3.63, 3.8) is 0 Å². The Bertz CT molecular complexity index is 617. The zero-order chi connectivity index (χ0) is 14.2. The van der Waals surface area contributed by atoms with Gasteiger partial charge in [0.1, 0.15) is 5.82 Å². The first-order valence-corrected chi connectivity index (χ1v) is 7.57. The minimum Gasteiger partial charge on any atom is -0.399 e. The van der Waals surface area contributed by atoms with Gasteiger partial charge in [0.2, 0.25) is 0 Å². The molecule has 2 aromatic rings. The number of hydrogen-bond donors (Lipinski definition) is 1. The Morgan fingerprint density at radius 3 is 2.70 bits per heavy atom. The van der Waals surface area contributed by atoms with Crippen LogP contribution in [0, 0.1) is 5.41 Å². The van der Waals surface area contributed by atoms with Crippen LogP contribution in [0.3, 0.4) is 0 Å². The number of anilines is 2. The molecule has 1 aliphatic rings. The predicted molar refractivity (Wildman–Crippen MR) is 86.0 cm³/mol. The maximum Gasteiger partial charge on any atom is 0.129 e. The van der Waals surface area contributed by atoms with Crippen LogP contribution >= 0.6 is 0 Å². The zero-order valence-electron chi connectivity index (χ0n) is 12.4. The van der Waals surface area contributed by atoms with Gasteiger partial charge in [-0.2, -0.15) is 0 Å². The van der Waals surface area contributed by atoms with Gasteiger partial charge >= 0.3 is 0 Å². The molecule has 0 spiro atoms. The fourth-order valence-corrected chi connectivity index (χ4v) is 3.27. The van der Waals surface area contributed by atoms with Crippen LogP contribution in [0.2, 0.25) is 0 Å². The molecule has 1 fully saturated rings. The molecule has 2 heterocycles. The lowest BCUT2D eigenvalue weighted by Gasteiger charge is -2.26. The summed E-state index contributed by atoms with van der Waals surface area (Å²) >= 11 is 0. The molecule has 0 saturated carbocycles. The highest BCUT2D eigenvalue weighted by Gasteiger charge is 2.35. The molecule has 20 heavy (non-hydrogen) atoms. The van der Waals surface area contributed by atoms with Crippen LogP contribution in [0.1, 0.15) is 33.1 Å². The van der Waals surface area contributed by atoms with E-state index in [0.29, 0.717) is 5.41 Å². The van der Waals surface area contributed by atoms with Crippen LogP contribution in [0.25, 0.3) is 10.9 Å². The van der Waals surface area contributed by atoms with E-state index in [0.717, 1.165) is 35.5 Å². The molecule has 0 radical (unpaired) electrons. The average Bonchev–Trinajstić information content (AvgIpc) is 2.92. The van der Waals surface area contributed by atoms with Crippen molar-refractivity contribution in [3.8, 4) is 0 Å². The van der Waals surface area contributed by atoms with Gasteiger partial charge in [0, 0.05) is 24.2 Å². The second-order valence-corrected chi connectivity index (χ2v) is 6.00. The molecule has 3 heteroatoms. The van der Waals surface area contributed by atoms with Gasteiger partial charge in [-0.1, -0.05) is 13.8 Å². The van der Waals surface area contributed by atoms with Crippen molar-refractivity contribution in [2.75, 3.05) is 23.7 Å². The van der Waals surface area contributed by atoms with E-state index in [1.54, 1.807) is 0 Å². The second kappa shape index (κ2) is 4.97. The Kier molecular flexibility index (Phi) is 3.28. The molecule has 0 amide bonds. The summed E-state index contributed by atoms with van der Waals surface area (Å²) in [5.41, 5.74) is 8.13. The molecule has 0 bridgehead atoms. The first kappa shape index (κ1) is 13.2. The average molecular weight is 269 g/mol. The molecule has 1 aromatic carbocycles. The molecule has 3 rings (SSSR count). The second-order valence-electron chi connectivity index (χ2n) is 6.00. The van der Waals surface area contributed by atoms with Gasteiger partial charge in [0.25, 0.3) is 0 Å². The van der Waals surface area contributed by atoms with Crippen LogP contribution < -0.4 is 10.6 Å². The Labute approximate surface area is 120 Å².